The Morgan fingerprint density at radius 1 is 0.972 bits per heavy atom. The lowest BCUT2D eigenvalue weighted by molar-refractivity contribution is 0.0686. The Labute approximate surface area is 214 Å². The van der Waals surface area contributed by atoms with Gasteiger partial charge in [-0.25, -0.2) is 4.79 Å². The molecule has 0 unspecified atom stereocenters. The van der Waals surface area contributed by atoms with E-state index in [2.05, 4.69) is 36.9 Å². The number of hydrogen-bond acceptors (Lipinski definition) is 4. The van der Waals surface area contributed by atoms with Crippen molar-refractivity contribution >= 4 is 46.0 Å². The number of aromatic carboxylic acids is 1. The van der Waals surface area contributed by atoms with Crippen molar-refractivity contribution in [3.05, 3.63) is 107 Å². The fourth-order valence-electron chi connectivity index (χ4n) is 4.11. The minimum atomic E-state index is -0.935. The second-order valence-electron chi connectivity index (χ2n) is 8.43. The van der Waals surface area contributed by atoms with Crippen LogP contribution in [0.1, 0.15) is 27.2 Å². The van der Waals surface area contributed by atoms with Gasteiger partial charge < -0.3 is 19.6 Å². The predicted octanol–water partition coefficient (Wildman–Crippen LogP) is 6.80. The first-order valence-electron chi connectivity index (χ1n) is 11.4. The molecule has 4 aromatic carbocycles. The summed E-state index contributed by atoms with van der Waals surface area (Å²) in [4.78, 5) is 13.1. The van der Waals surface area contributed by atoms with E-state index in [0.717, 1.165) is 49.8 Å². The molecule has 0 spiro atoms. The summed E-state index contributed by atoms with van der Waals surface area (Å²) in [6.45, 7) is 4.51. The molecule has 5 rings (SSSR count). The molecular formula is C29H27N3O3S. The molecule has 0 saturated heterocycles. The van der Waals surface area contributed by atoms with Gasteiger partial charge in [-0.15, -0.1) is 0 Å². The third-order valence-electron chi connectivity index (χ3n) is 5.78. The highest BCUT2D eigenvalue weighted by Crippen LogP contribution is 2.32. The minimum Gasteiger partial charge on any atom is -0.477 e. The molecule has 0 aliphatic heterocycles. The van der Waals surface area contributed by atoms with E-state index in [1.807, 2.05) is 66.1 Å². The Bertz CT molecular complexity index is 1540. The van der Waals surface area contributed by atoms with Crippen LogP contribution in [0.3, 0.4) is 0 Å². The van der Waals surface area contributed by atoms with Crippen molar-refractivity contribution in [1.82, 2.24) is 4.57 Å². The van der Waals surface area contributed by atoms with Gasteiger partial charge >= 0.3 is 5.97 Å². The maximum atomic E-state index is 12.0. The van der Waals surface area contributed by atoms with Gasteiger partial charge in [0.15, 0.2) is 0 Å². The number of rotatable bonds is 6. The first-order chi connectivity index (χ1) is 17.4. The first kappa shape index (κ1) is 24.9. The number of carboxylic acid groups (broad SMARTS) is 1. The average Bonchev–Trinajstić information content (AvgIpc) is 3.22. The van der Waals surface area contributed by atoms with Gasteiger partial charge in [-0.1, -0.05) is 54.1 Å². The number of carbonyl (C=O) groups is 1. The van der Waals surface area contributed by atoms with Gasteiger partial charge in [-0.3, -0.25) is 5.41 Å². The zero-order chi connectivity index (χ0) is 25.7. The lowest BCUT2D eigenvalue weighted by Gasteiger charge is -2.14. The molecule has 1 aromatic heterocycles. The second-order valence-corrected chi connectivity index (χ2v) is 9.24. The van der Waals surface area contributed by atoms with Crippen LogP contribution in [0.2, 0.25) is 0 Å². The van der Waals surface area contributed by atoms with Crippen molar-refractivity contribution in [2.75, 3.05) is 0 Å². The van der Waals surface area contributed by atoms with E-state index in [1.54, 1.807) is 6.07 Å². The van der Waals surface area contributed by atoms with Crippen LogP contribution in [0.25, 0.3) is 21.7 Å². The maximum Gasteiger partial charge on any atom is 0.352 e. The van der Waals surface area contributed by atoms with Crippen LogP contribution in [0, 0.1) is 19.3 Å². The second kappa shape index (κ2) is 11.0. The summed E-state index contributed by atoms with van der Waals surface area (Å²) in [5.74, 6) is -0.200. The molecule has 0 saturated carbocycles. The molecule has 4 N–H and O–H groups in total. The van der Waals surface area contributed by atoms with Gasteiger partial charge in [0.25, 0.3) is 0 Å². The van der Waals surface area contributed by atoms with Gasteiger partial charge in [0.05, 0.1) is 18.4 Å². The van der Waals surface area contributed by atoms with Crippen LogP contribution in [0.15, 0.2) is 89.8 Å². The molecule has 6 nitrogen and oxygen atoms in total. The van der Waals surface area contributed by atoms with Crippen LogP contribution in [-0.2, 0) is 6.54 Å². The maximum absolute atomic E-state index is 12.0. The Balaban J connectivity index is 0.000000967. The number of aryl methyl sites for hydroxylation is 2. The van der Waals surface area contributed by atoms with Gasteiger partial charge in [0.1, 0.15) is 11.4 Å². The van der Waals surface area contributed by atoms with Crippen molar-refractivity contribution in [3.8, 4) is 5.75 Å². The molecule has 0 fully saturated rings. The summed E-state index contributed by atoms with van der Waals surface area (Å²) >= 11 is 1.32. The largest absolute Gasteiger partial charge is 0.477 e. The Hall–Kier alpha value is -4.23. The van der Waals surface area contributed by atoms with Crippen LogP contribution in [0.4, 0.5) is 0 Å². The Morgan fingerprint density at radius 2 is 1.67 bits per heavy atom. The summed E-state index contributed by atoms with van der Waals surface area (Å²) in [5.41, 5.74) is 8.89. The number of nitrogens with two attached hydrogens (primary N) is 1. The van der Waals surface area contributed by atoms with E-state index in [9.17, 15) is 9.90 Å². The Kier molecular flexibility index (Phi) is 7.61. The minimum absolute atomic E-state index is 0.278. The standard InChI is InChI=1S/C28H23NO3S.CH4N2/c1-18-8-11-24(12-9-18)33-32-23-14-20-5-3-4-6-25(20)22(15-23)17-29-26-13-19(2)7-10-21(26)16-27(29)28(30)31;2-1-3/h3-16H,17H2,1-2H3,(H,30,31);1H,(H3,2,3). The summed E-state index contributed by atoms with van der Waals surface area (Å²) in [6.07, 6.45) is 0.750. The monoisotopic (exact) mass is 497 g/mol. The lowest BCUT2D eigenvalue weighted by atomic mass is 10.0. The molecule has 182 valence electrons. The number of aromatic nitrogens is 1. The quantitative estimate of drug-likeness (QED) is 0.136. The zero-order valence-electron chi connectivity index (χ0n) is 20.1. The molecular weight excluding hydrogens is 470 g/mol. The van der Waals surface area contributed by atoms with E-state index in [0.29, 0.717) is 6.54 Å². The number of carboxylic acids is 1. The zero-order valence-corrected chi connectivity index (χ0v) is 20.9. The van der Waals surface area contributed by atoms with Crippen LogP contribution < -0.4 is 9.92 Å². The number of nitrogens with zero attached hydrogens (tertiary/aromatic N) is 1. The van der Waals surface area contributed by atoms with Gasteiger partial charge in [-0.05, 0) is 72.1 Å². The number of hydrogen-bond donors (Lipinski definition) is 3. The van der Waals surface area contributed by atoms with Gasteiger partial charge in [0, 0.05) is 22.3 Å². The summed E-state index contributed by atoms with van der Waals surface area (Å²) in [7, 11) is 0. The molecule has 0 radical (unpaired) electrons. The number of benzene rings is 4. The van der Waals surface area contributed by atoms with Crippen LogP contribution in [0.5, 0.6) is 5.75 Å². The first-order valence-corrected chi connectivity index (χ1v) is 12.1. The molecule has 0 atom stereocenters. The molecule has 36 heavy (non-hydrogen) atoms. The van der Waals surface area contributed by atoms with Crippen molar-refractivity contribution in [2.24, 2.45) is 5.73 Å². The highest BCUT2D eigenvalue weighted by Gasteiger charge is 2.17. The van der Waals surface area contributed by atoms with Gasteiger partial charge in [-0.2, -0.15) is 0 Å². The van der Waals surface area contributed by atoms with Crippen molar-refractivity contribution in [2.45, 2.75) is 25.3 Å². The molecule has 0 bridgehead atoms. The highest BCUT2D eigenvalue weighted by atomic mass is 32.2. The topological polar surface area (TPSA) is 101 Å². The van der Waals surface area contributed by atoms with E-state index >= 15 is 0 Å². The predicted molar refractivity (Wildman–Crippen MR) is 147 cm³/mol. The van der Waals surface area contributed by atoms with Crippen molar-refractivity contribution in [3.63, 3.8) is 0 Å². The average molecular weight is 498 g/mol. The fraction of sp³-hybridized carbons (Fsp3) is 0.103. The SMILES string of the molecule is Cc1ccc(SOc2cc(Cn3c(C(=O)O)cc4ccc(C)cc43)c3ccccc3c2)cc1.N=CN. The van der Waals surface area contributed by atoms with Gasteiger partial charge in [0.2, 0.25) is 0 Å². The fourth-order valence-corrected chi connectivity index (χ4v) is 4.65. The van der Waals surface area contributed by atoms with Crippen molar-refractivity contribution < 1.29 is 14.1 Å². The lowest BCUT2D eigenvalue weighted by Crippen LogP contribution is -2.09. The molecule has 5 aromatic rings. The molecule has 1 heterocycles. The van der Waals surface area contributed by atoms with E-state index in [1.165, 1.54) is 17.6 Å². The number of fused-ring (bicyclic) bond motifs is 2. The summed E-state index contributed by atoms with van der Waals surface area (Å²) in [5, 5.41) is 18.8. The number of nitrogens with one attached hydrogen (secondary N) is 1. The third-order valence-corrected chi connectivity index (χ3v) is 6.52. The molecule has 0 amide bonds. The summed E-state index contributed by atoms with van der Waals surface area (Å²) in [6, 6.07) is 28.1. The van der Waals surface area contributed by atoms with E-state index in [4.69, 9.17) is 9.59 Å². The normalized spacial score (nSPS) is 10.6. The molecule has 0 aliphatic rings. The van der Waals surface area contributed by atoms with Crippen LogP contribution in [-0.4, -0.2) is 22.0 Å². The van der Waals surface area contributed by atoms with Crippen LogP contribution >= 0.6 is 12.0 Å². The molecule has 0 aliphatic carbocycles. The summed E-state index contributed by atoms with van der Waals surface area (Å²) < 4.78 is 7.95. The van der Waals surface area contributed by atoms with E-state index < -0.39 is 5.97 Å². The third kappa shape index (κ3) is 5.53. The Morgan fingerprint density at radius 3 is 2.39 bits per heavy atom. The van der Waals surface area contributed by atoms with Crippen molar-refractivity contribution in [1.29, 1.82) is 5.41 Å². The smallest absolute Gasteiger partial charge is 0.352 e. The highest BCUT2D eigenvalue weighted by molar-refractivity contribution is 7.95. The van der Waals surface area contributed by atoms with E-state index in [-0.39, 0.29) is 5.69 Å². The molecule has 7 heteroatoms.